The number of anilines is 2. The highest BCUT2D eigenvalue weighted by Gasteiger charge is 2.42. The predicted molar refractivity (Wildman–Crippen MR) is 164 cm³/mol. The number of ether oxygens (including phenoxy) is 3. The number of fused-ring (bicyclic) bond motifs is 2. The van der Waals surface area contributed by atoms with Gasteiger partial charge in [-0.3, -0.25) is 0 Å². The van der Waals surface area contributed by atoms with Crippen LogP contribution in [-0.2, 0) is 20.8 Å². The van der Waals surface area contributed by atoms with Crippen LogP contribution in [0.3, 0.4) is 0 Å². The molecule has 0 saturated carbocycles. The zero-order valence-electron chi connectivity index (χ0n) is 25.4. The number of hydrogen-bond acceptors (Lipinski definition) is 6. The van der Waals surface area contributed by atoms with E-state index in [-0.39, 0.29) is 36.9 Å². The smallest absolute Gasteiger partial charge is 0.410 e. The maximum absolute atomic E-state index is 15.2. The summed E-state index contributed by atoms with van der Waals surface area (Å²) in [5.41, 5.74) is 2.70. The van der Waals surface area contributed by atoms with Crippen molar-refractivity contribution < 1.29 is 23.4 Å². The fourth-order valence-corrected chi connectivity index (χ4v) is 6.61. The summed E-state index contributed by atoms with van der Waals surface area (Å²) >= 11 is 0. The van der Waals surface area contributed by atoms with Crippen molar-refractivity contribution in [1.29, 1.82) is 0 Å². The Bertz CT molecular complexity index is 1100. The van der Waals surface area contributed by atoms with Crippen molar-refractivity contribution in [2.45, 2.75) is 90.2 Å². The normalized spacial score (nSPS) is 20.9. The lowest BCUT2D eigenvalue weighted by Crippen LogP contribution is -2.55. The van der Waals surface area contributed by atoms with E-state index < -0.39 is 0 Å². The van der Waals surface area contributed by atoms with Gasteiger partial charge in [0.05, 0.1) is 5.69 Å². The fraction of sp³-hybridized carbons (Fsp3) is 0.618. The fourth-order valence-electron chi connectivity index (χ4n) is 6.61. The number of piperidine rings is 1. The number of benzene rings is 2. The van der Waals surface area contributed by atoms with Crippen LogP contribution >= 0.6 is 0 Å². The minimum Gasteiger partial charge on any atom is -0.445 e. The SMILES string of the molecule is CCCCOC(OCCCC)C1CCN(c2cc(N3C4CCC3CN(C(=O)OCc3ccccc3)C4)ccc2F)CC1. The number of likely N-dealkylation sites (tertiary alicyclic amines) is 1. The van der Waals surface area contributed by atoms with Gasteiger partial charge < -0.3 is 28.9 Å². The van der Waals surface area contributed by atoms with Gasteiger partial charge in [0.2, 0.25) is 0 Å². The van der Waals surface area contributed by atoms with E-state index in [0.29, 0.717) is 24.7 Å². The van der Waals surface area contributed by atoms with Crippen molar-refractivity contribution >= 4 is 17.5 Å². The lowest BCUT2D eigenvalue weighted by Gasteiger charge is -2.42. The molecule has 2 aromatic carbocycles. The van der Waals surface area contributed by atoms with Gasteiger partial charge >= 0.3 is 6.09 Å². The van der Waals surface area contributed by atoms with Crippen LogP contribution in [0.2, 0.25) is 0 Å². The van der Waals surface area contributed by atoms with E-state index >= 15 is 4.39 Å². The maximum Gasteiger partial charge on any atom is 0.410 e. The van der Waals surface area contributed by atoms with Crippen molar-refractivity contribution in [1.82, 2.24) is 4.90 Å². The molecule has 3 aliphatic heterocycles. The molecule has 1 amide bonds. The van der Waals surface area contributed by atoms with E-state index in [9.17, 15) is 4.79 Å². The van der Waals surface area contributed by atoms with E-state index in [0.717, 1.165) is 88.9 Å². The molecule has 0 N–H and O–H groups in total. The first-order chi connectivity index (χ1) is 20.6. The Morgan fingerprint density at radius 2 is 1.55 bits per heavy atom. The molecule has 7 nitrogen and oxygen atoms in total. The average Bonchev–Trinajstić information content (AvgIpc) is 3.28. The van der Waals surface area contributed by atoms with E-state index in [1.807, 2.05) is 47.4 Å². The lowest BCUT2D eigenvalue weighted by atomic mass is 9.95. The first-order valence-electron chi connectivity index (χ1n) is 16.1. The molecule has 2 atom stereocenters. The quantitative estimate of drug-likeness (QED) is 0.188. The number of halogens is 1. The van der Waals surface area contributed by atoms with Crippen molar-refractivity contribution in [3.63, 3.8) is 0 Å². The molecule has 0 aromatic heterocycles. The molecule has 42 heavy (non-hydrogen) atoms. The van der Waals surface area contributed by atoms with Crippen molar-refractivity contribution in [3.8, 4) is 0 Å². The third-order valence-electron chi connectivity index (χ3n) is 9.00. The molecule has 2 bridgehead atoms. The minimum absolute atomic E-state index is 0.173. The highest BCUT2D eigenvalue weighted by molar-refractivity contribution is 5.69. The van der Waals surface area contributed by atoms with Crippen LogP contribution < -0.4 is 9.80 Å². The average molecular weight is 582 g/mol. The minimum atomic E-state index is -0.256. The molecule has 3 aliphatic rings. The van der Waals surface area contributed by atoms with Gasteiger partial charge in [0.1, 0.15) is 12.4 Å². The zero-order valence-corrected chi connectivity index (χ0v) is 25.4. The van der Waals surface area contributed by atoms with Crippen LogP contribution in [0.25, 0.3) is 0 Å². The molecular weight excluding hydrogens is 533 g/mol. The van der Waals surface area contributed by atoms with Crippen LogP contribution in [0, 0.1) is 11.7 Å². The topological polar surface area (TPSA) is 54.5 Å². The number of unbranched alkanes of at least 4 members (excludes halogenated alkanes) is 2. The Hall–Kier alpha value is -2.84. The third-order valence-corrected chi connectivity index (χ3v) is 9.00. The van der Waals surface area contributed by atoms with Crippen LogP contribution in [0.1, 0.15) is 70.8 Å². The van der Waals surface area contributed by atoms with Gasteiger partial charge in [0.15, 0.2) is 6.29 Å². The second-order valence-corrected chi connectivity index (χ2v) is 12.0. The van der Waals surface area contributed by atoms with Gasteiger partial charge in [0, 0.05) is 63.1 Å². The number of hydrogen-bond donors (Lipinski definition) is 0. The molecule has 0 radical (unpaired) electrons. The number of carbonyl (C=O) groups excluding carboxylic acids is 1. The first kappa shape index (κ1) is 30.6. The number of piperazine rings is 1. The van der Waals surface area contributed by atoms with Gasteiger partial charge in [-0.25, -0.2) is 9.18 Å². The van der Waals surface area contributed by atoms with Gasteiger partial charge in [-0.05, 0) is 62.3 Å². The summed E-state index contributed by atoms with van der Waals surface area (Å²) in [5.74, 6) is 0.148. The van der Waals surface area contributed by atoms with Gasteiger partial charge in [0.25, 0.3) is 0 Å². The summed E-state index contributed by atoms with van der Waals surface area (Å²) in [7, 11) is 0. The highest BCUT2D eigenvalue weighted by Crippen LogP contribution is 2.38. The molecule has 3 saturated heterocycles. The zero-order chi connectivity index (χ0) is 29.3. The predicted octanol–water partition coefficient (Wildman–Crippen LogP) is 6.99. The number of rotatable bonds is 13. The molecular formula is C34H48FN3O4. The van der Waals surface area contributed by atoms with Crippen LogP contribution in [0.5, 0.6) is 0 Å². The van der Waals surface area contributed by atoms with E-state index in [1.54, 1.807) is 6.07 Å². The molecule has 3 heterocycles. The molecule has 0 spiro atoms. The Morgan fingerprint density at radius 3 is 2.17 bits per heavy atom. The molecule has 3 fully saturated rings. The number of carbonyl (C=O) groups is 1. The molecule has 5 rings (SSSR count). The first-order valence-corrected chi connectivity index (χ1v) is 16.1. The second kappa shape index (κ2) is 15.1. The van der Waals surface area contributed by atoms with Gasteiger partial charge in [-0.15, -0.1) is 0 Å². The number of nitrogens with zero attached hydrogens (tertiary/aromatic N) is 3. The van der Waals surface area contributed by atoms with Crippen LogP contribution in [-0.4, -0.2) is 68.8 Å². The Morgan fingerprint density at radius 1 is 0.905 bits per heavy atom. The lowest BCUT2D eigenvalue weighted by molar-refractivity contribution is -0.177. The largest absolute Gasteiger partial charge is 0.445 e. The Kier molecular flexibility index (Phi) is 11.0. The molecule has 2 unspecified atom stereocenters. The standard InChI is InChI=1S/C34H48FN3O4/c1-3-5-20-40-33(41-21-6-4-2)27-16-18-36(19-17-27)32-22-28(14-15-31(32)35)38-29-12-13-30(38)24-37(23-29)34(39)42-25-26-10-8-7-9-11-26/h7-11,14-15,22,27,29-30,33H,3-6,12-13,16-21,23-25H2,1-2H3. The summed E-state index contributed by atoms with van der Waals surface area (Å²) < 4.78 is 33.2. The summed E-state index contributed by atoms with van der Waals surface area (Å²) in [6.45, 7) is 8.89. The second-order valence-electron chi connectivity index (χ2n) is 12.0. The Labute approximate surface area is 250 Å². The number of amides is 1. The third kappa shape index (κ3) is 7.56. The summed E-state index contributed by atoms with van der Waals surface area (Å²) in [4.78, 5) is 19.3. The van der Waals surface area contributed by atoms with Crippen molar-refractivity contribution in [3.05, 3.63) is 59.9 Å². The van der Waals surface area contributed by atoms with Crippen LogP contribution in [0.4, 0.5) is 20.6 Å². The Balaban J connectivity index is 1.18. The van der Waals surface area contributed by atoms with Crippen molar-refractivity contribution in [2.75, 3.05) is 49.2 Å². The highest BCUT2D eigenvalue weighted by atomic mass is 19.1. The van der Waals surface area contributed by atoms with Crippen LogP contribution in [0.15, 0.2) is 48.5 Å². The summed E-state index contributed by atoms with van der Waals surface area (Å²) in [5, 5.41) is 0. The maximum atomic E-state index is 15.2. The molecule has 8 heteroatoms. The molecule has 0 aliphatic carbocycles. The monoisotopic (exact) mass is 581 g/mol. The molecule has 2 aromatic rings. The molecule has 230 valence electrons. The van der Waals surface area contributed by atoms with E-state index in [2.05, 4.69) is 23.6 Å². The van der Waals surface area contributed by atoms with Gasteiger partial charge in [-0.1, -0.05) is 57.0 Å². The van der Waals surface area contributed by atoms with Crippen molar-refractivity contribution in [2.24, 2.45) is 5.92 Å². The summed E-state index contributed by atoms with van der Waals surface area (Å²) in [6, 6.07) is 15.7. The van der Waals surface area contributed by atoms with E-state index in [4.69, 9.17) is 14.2 Å². The van der Waals surface area contributed by atoms with E-state index in [1.165, 1.54) is 0 Å². The van der Waals surface area contributed by atoms with Gasteiger partial charge in [-0.2, -0.15) is 0 Å². The summed E-state index contributed by atoms with van der Waals surface area (Å²) in [6.07, 6.45) is 7.72.